The van der Waals surface area contributed by atoms with Crippen LogP contribution in [0.1, 0.15) is 70.3 Å². The molecule has 2 nitrogen and oxygen atoms in total. The molecule has 110 valence electrons. The molecule has 3 heteroatoms. The van der Waals surface area contributed by atoms with E-state index in [4.69, 9.17) is 10.5 Å². The molecule has 3 atom stereocenters. The molecule has 1 aromatic heterocycles. The van der Waals surface area contributed by atoms with Crippen LogP contribution in [-0.2, 0) is 4.74 Å². The number of ether oxygens (including phenoxy) is 1. The van der Waals surface area contributed by atoms with Gasteiger partial charge in [-0.1, -0.05) is 45.6 Å². The third-order valence-electron chi connectivity index (χ3n) is 3.53. The van der Waals surface area contributed by atoms with Gasteiger partial charge in [0.2, 0.25) is 0 Å². The molecule has 0 aliphatic carbocycles. The first-order chi connectivity index (χ1) is 9.19. The van der Waals surface area contributed by atoms with Gasteiger partial charge in [0.15, 0.2) is 0 Å². The lowest BCUT2D eigenvalue weighted by molar-refractivity contribution is -0.0210. The Hall–Kier alpha value is -0.380. The molecular formula is C16H29NOS. The highest BCUT2D eigenvalue weighted by molar-refractivity contribution is 7.10. The second kappa shape index (κ2) is 9.51. The van der Waals surface area contributed by atoms with E-state index in [1.54, 1.807) is 11.3 Å². The van der Waals surface area contributed by atoms with Gasteiger partial charge in [-0.3, -0.25) is 0 Å². The summed E-state index contributed by atoms with van der Waals surface area (Å²) < 4.78 is 6.21. The molecule has 1 rings (SSSR count). The fourth-order valence-electron chi connectivity index (χ4n) is 2.22. The lowest BCUT2D eigenvalue weighted by Crippen LogP contribution is -2.31. The van der Waals surface area contributed by atoms with Crippen molar-refractivity contribution in [2.24, 2.45) is 5.73 Å². The van der Waals surface area contributed by atoms with Crippen molar-refractivity contribution in [2.75, 3.05) is 0 Å². The van der Waals surface area contributed by atoms with E-state index in [-0.39, 0.29) is 12.1 Å². The number of thiophene rings is 1. The zero-order valence-electron chi connectivity index (χ0n) is 12.6. The first-order valence-corrected chi connectivity index (χ1v) is 8.51. The lowest BCUT2D eigenvalue weighted by Gasteiger charge is -2.26. The van der Waals surface area contributed by atoms with Gasteiger partial charge in [-0.05, 0) is 31.2 Å². The summed E-state index contributed by atoms with van der Waals surface area (Å²) >= 11 is 1.74. The minimum absolute atomic E-state index is 0.0613. The number of unbranched alkanes of at least 4 members (excludes halogenated alkanes) is 3. The van der Waals surface area contributed by atoms with Gasteiger partial charge in [-0.25, -0.2) is 0 Å². The summed E-state index contributed by atoms with van der Waals surface area (Å²) in [4.78, 5) is 1.26. The van der Waals surface area contributed by atoms with Gasteiger partial charge in [0.1, 0.15) is 6.10 Å². The zero-order chi connectivity index (χ0) is 14.1. The van der Waals surface area contributed by atoms with Crippen molar-refractivity contribution in [3.05, 3.63) is 22.4 Å². The molecule has 0 amide bonds. The van der Waals surface area contributed by atoms with E-state index in [9.17, 15) is 0 Å². The molecule has 0 bridgehead atoms. The number of rotatable bonds is 10. The average molecular weight is 283 g/mol. The van der Waals surface area contributed by atoms with Gasteiger partial charge in [0.25, 0.3) is 0 Å². The SMILES string of the molecule is CCCCCCC(C)OC(c1cccs1)C(N)CC. The molecule has 19 heavy (non-hydrogen) atoms. The van der Waals surface area contributed by atoms with E-state index in [1.165, 1.54) is 30.6 Å². The summed E-state index contributed by atoms with van der Waals surface area (Å²) in [5.41, 5.74) is 6.21. The molecule has 0 saturated carbocycles. The van der Waals surface area contributed by atoms with Crippen molar-refractivity contribution in [1.82, 2.24) is 0 Å². The minimum atomic E-state index is 0.0613. The average Bonchev–Trinajstić information content (AvgIpc) is 2.94. The summed E-state index contributed by atoms with van der Waals surface area (Å²) in [5, 5.41) is 2.10. The van der Waals surface area contributed by atoms with Crippen LogP contribution in [0.2, 0.25) is 0 Å². The highest BCUT2D eigenvalue weighted by Crippen LogP contribution is 2.28. The van der Waals surface area contributed by atoms with Crippen LogP contribution in [-0.4, -0.2) is 12.1 Å². The monoisotopic (exact) mass is 283 g/mol. The van der Waals surface area contributed by atoms with Crippen molar-refractivity contribution in [2.45, 2.75) is 77.5 Å². The van der Waals surface area contributed by atoms with Gasteiger partial charge in [0, 0.05) is 10.9 Å². The van der Waals surface area contributed by atoms with Gasteiger partial charge >= 0.3 is 0 Å². The Morgan fingerprint density at radius 1 is 1.26 bits per heavy atom. The molecule has 0 fully saturated rings. The molecule has 0 aliphatic heterocycles. The molecule has 1 heterocycles. The predicted molar refractivity (Wildman–Crippen MR) is 84.6 cm³/mol. The summed E-state index contributed by atoms with van der Waals surface area (Å²) in [6.45, 7) is 6.54. The number of hydrogen-bond donors (Lipinski definition) is 1. The van der Waals surface area contributed by atoms with Crippen molar-refractivity contribution in [3.63, 3.8) is 0 Å². The summed E-state index contributed by atoms with van der Waals surface area (Å²) in [6.07, 6.45) is 7.63. The van der Waals surface area contributed by atoms with Crippen LogP contribution in [0.15, 0.2) is 17.5 Å². The molecule has 2 N–H and O–H groups in total. The summed E-state index contributed by atoms with van der Waals surface area (Å²) in [7, 11) is 0. The van der Waals surface area contributed by atoms with Crippen molar-refractivity contribution in [3.8, 4) is 0 Å². The van der Waals surface area contributed by atoms with Crippen LogP contribution in [0.3, 0.4) is 0 Å². The molecule has 0 aliphatic rings. The van der Waals surface area contributed by atoms with Crippen LogP contribution < -0.4 is 5.73 Å². The maximum atomic E-state index is 6.21. The van der Waals surface area contributed by atoms with E-state index in [0.29, 0.717) is 6.10 Å². The van der Waals surface area contributed by atoms with E-state index >= 15 is 0 Å². The highest BCUT2D eigenvalue weighted by Gasteiger charge is 2.22. The Kier molecular flexibility index (Phi) is 8.35. The largest absolute Gasteiger partial charge is 0.368 e. The smallest absolute Gasteiger partial charge is 0.107 e. The number of hydrogen-bond acceptors (Lipinski definition) is 3. The number of nitrogens with two attached hydrogens (primary N) is 1. The third-order valence-corrected chi connectivity index (χ3v) is 4.46. The molecule has 3 unspecified atom stereocenters. The van der Waals surface area contributed by atoms with Crippen LogP contribution in [0.25, 0.3) is 0 Å². The van der Waals surface area contributed by atoms with Crippen LogP contribution >= 0.6 is 11.3 Å². The quantitative estimate of drug-likeness (QED) is 0.620. The molecular weight excluding hydrogens is 254 g/mol. The Morgan fingerprint density at radius 3 is 2.63 bits per heavy atom. The van der Waals surface area contributed by atoms with Crippen LogP contribution in [0.4, 0.5) is 0 Å². The van der Waals surface area contributed by atoms with Gasteiger partial charge in [0.05, 0.1) is 6.10 Å². The summed E-state index contributed by atoms with van der Waals surface area (Å²) in [6, 6.07) is 4.30. The van der Waals surface area contributed by atoms with Crippen molar-refractivity contribution >= 4 is 11.3 Å². The molecule has 0 aromatic carbocycles. The topological polar surface area (TPSA) is 35.2 Å². The molecule has 0 spiro atoms. The maximum Gasteiger partial charge on any atom is 0.107 e. The Morgan fingerprint density at radius 2 is 2.05 bits per heavy atom. The van der Waals surface area contributed by atoms with Crippen LogP contribution in [0.5, 0.6) is 0 Å². The highest BCUT2D eigenvalue weighted by atomic mass is 32.1. The predicted octanol–water partition coefficient (Wildman–Crippen LogP) is 4.90. The minimum Gasteiger partial charge on any atom is -0.368 e. The standard InChI is InChI=1S/C16H29NOS/c1-4-6-7-8-10-13(3)18-16(14(17)5-2)15-11-9-12-19-15/h9,11-14,16H,4-8,10,17H2,1-3H3. The third kappa shape index (κ3) is 6.07. The second-order valence-corrected chi connectivity index (χ2v) is 6.28. The summed E-state index contributed by atoms with van der Waals surface area (Å²) in [5.74, 6) is 0. The van der Waals surface area contributed by atoms with E-state index in [0.717, 1.165) is 12.8 Å². The van der Waals surface area contributed by atoms with E-state index < -0.39 is 0 Å². The lowest BCUT2D eigenvalue weighted by atomic mass is 10.1. The Balaban J connectivity index is 2.44. The van der Waals surface area contributed by atoms with Crippen molar-refractivity contribution < 1.29 is 4.74 Å². The normalized spacial score (nSPS) is 16.2. The Labute approximate surface area is 122 Å². The zero-order valence-corrected chi connectivity index (χ0v) is 13.4. The van der Waals surface area contributed by atoms with E-state index in [2.05, 4.69) is 38.3 Å². The van der Waals surface area contributed by atoms with Crippen LogP contribution in [0, 0.1) is 0 Å². The van der Waals surface area contributed by atoms with Gasteiger partial charge in [-0.2, -0.15) is 0 Å². The first kappa shape index (κ1) is 16.7. The van der Waals surface area contributed by atoms with E-state index in [1.807, 2.05) is 0 Å². The van der Waals surface area contributed by atoms with Gasteiger partial charge in [-0.15, -0.1) is 11.3 Å². The van der Waals surface area contributed by atoms with Gasteiger partial charge < -0.3 is 10.5 Å². The second-order valence-electron chi connectivity index (χ2n) is 5.30. The fourth-order valence-corrected chi connectivity index (χ4v) is 3.06. The first-order valence-electron chi connectivity index (χ1n) is 7.63. The molecule has 0 saturated heterocycles. The van der Waals surface area contributed by atoms with Crippen molar-refractivity contribution in [1.29, 1.82) is 0 Å². The fraction of sp³-hybridized carbons (Fsp3) is 0.750. The Bertz CT molecular complexity index is 313. The molecule has 0 radical (unpaired) electrons. The molecule has 1 aromatic rings. The maximum absolute atomic E-state index is 6.21.